The molecule has 4 heteroatoms. The number of piperidine rings is 1. The van der Waals surface area contributed by atoms with Crippen LogP contribution in [0.2, 0.25) is 0 Å². The van der Waals surface area contributed by atoms with Crippen molar-refractivity contribution in [3.8, 4) is 0 Å². The van der Waals surface area contributed by atoms with Gasteiger partial charge in [-0.15, -0.1) is 0 Å². The Hall–Kier alpha value is -2.20. The number of hydrogen-bond donors (Lipinski definition) is 1. The highest BCUT2D eigenvalue weighted by atomic mass is 19.1. The predicted octanol–water partition coefficient (Wildman–Crippen LogP) is 4.39. The first-order valence-electron chi connectivity index (χ1n) is 9.93. The van der Waals surface area contributed by atoms with Crippen molar-refractivity contribution >= 4 is 5.97 Å². The summed E-state index contributed by atoms with van der Waals surface area (Å²) >= 11 is 0. The molecule has 1 aliphatic carbocycles. The summed E-state index contributed by atoms with van der Waals surface area (Å²) < 4.78 is 13.3. The number of aryl methyl sites for hydroxylation is 3. The number of carboxylic acids is 1. The molecule has 1 atom stereocenters. The largest absolute Gasteiger partial charge is 0.481 e. The molecule has 27 heavy (non-hydrogen) atoms. The Morgan fingerprint density at radius 3 is 2.48 bits per heavy atom. The van der Waals surface area contributed by atoms with Gasteiger partial charge in [0.15, 0.2) is 0 Å². The second kappa shape index (κ2) is 7.81. The van der Waals surface area contributed by atoms with E-state index in [0.717, 1.165) is 57.2 Å². The summed E-state index contributed by atoms with van der Waals surface area (Å²) in [4.78, 5) is 13.6. The molecule has 142 valence electrons. The van der Waals surface area contributed by atoms with Crippen LogP contribution in [0.1, 0.15) is 47.6 Å². The maximum atomic E-state index is 13.3. The van der Waals surface area contributed by atoms with Crippen molar-refractivity contribution in [2.75, 3.05) is 13.1 Å². The quantitative estimate of drug-likeness (QED) is 0.852. The molecular formula is C23H26FNO2. The molecule has 0 amide bonds. The number of halogens is 1. The van der Waals surface area contributed by atoms with Gasteiger partial charge >= 0.3 is 5.97 Å². The third kappa shape index (κ3) is 4.06. The van der Waals surface area contributed by atoms with Crippen molar-refractivity contribution < 1.29 is 14.3 Å². The SMILES string of the molecule is O=C(O)C1CCN(C2CCc3cc(CCc4cccc(F)c4)ccc32)CC1. The van der Waals surface area contributed by atoms with Gasteiger partial charge in [-0.1, -0.05) is 30.3 Å². The molecule has 0 bridgehead atoms. The first-order chi connectivity index (χ1) is 13.1. The Morgan fingerprint density at radius 2 is 1.78 bits per heavy atom. The molecule has 3 nitrogen and oxygen atoms in total. The predicted molar refractivity (Wildman–Crippen MR) is 103 cm³/mol. The zero-order valence-corrected chi connectivity index (χ0v) is 15.5. The summed E-state index contributed by atoms with van der Waals surface area (Å²) in [5.41, 5.74) is 5.19. The van der Waals surface area contributed by atoms with Gasteiger partial charge in [-0.3, -0.25) is 9.69 Å². The van der Waals surface area contributed by atoms with Crippen LogP contribution in [0.25, 0.3) is 0 Å². The van der Waals surface area contributed by atoms with Crippen LogP contribution < -0.4 is 0 Å². The smallest absolute Gasteiger partial charge is 0.306 e. The molecule has 1 fully saturated rings. The highest BCUT2D eigenvalue weighted by Crippen LogP contribution is 2.38. The lowest BCUT2D eigenvalue weighted by molar-refractivity contribution is -0.143. The topological polar surface area (TPSA) is 40.5 Å². The third-order valence-electron chi connectivity index (χ3n) is 6.16. The fourth-order valence-electron chi connectivity index (χ4n) is 4.62. The van der Waals surface area contributed by atoms with Crippen molar-refractivity contribution in [1.82, 2.24) is 4.90 Å². The maximum absolute atomic E-state index is 13.3. The number of fused-ring (bicyclic) bond motifs is 1. The lowest BCUT2D eigenvalue weighted by Crippen LogP contribution is -2.38. The number of rotatable bonds is 5. The first-order valence-corrected chi connectivity index (χ1v) is 9.93. The van der Waals surface area contributed by atoms with E-state index in [9.17, 15) is 14.3 Å². The maximum Gasteiger partial charge on any atom is 0.306 e. The number of likely N-dealkylation sites (tertiary alicyclic amines) is 1. The average molecular weight is 367 g/mol. The Kier molecular flexibility index (Phi) is 5.26. The van der Waals surface area contributed by atoms with Gasteiger partial charge in [0.05, 0.1) is 5.92 Å². The monoisotopic (exact) mass is 367 g/mol. The molecule has 0 saturated carbocycles. The van der Waals surface area contributed by atoms with E-state index in [1.807, 2.05) is 6.07 Å². The third-order valence-corrected chi connectivity index (χ3v) is 6.16. The number of benzene rings is 2. The minimum absolute atomic E-state index is 0.170. The van der Waals surface area contributed by atoms with Crippen LogP contribution in [0.15, 0.2) is 42.5 Å². The van der Waals surface area contributed by atoms with Gasteiger partial charge < -0.3 is 5.11 Å². The van der Waals surface area contributed by atoms with E-state index < -0.39 is 5.97 Å². The van der Waals surface area contributed by atoms with Crippen LogP contribution in [0.4, 0.5) is 4.39 Å². The Balaban J connectivity index is 1.39. The molecule has 1 N–H and O–H groups in total. The fraction of sp³-hybridized carbons (Fsp3) is 0.435. The number of carboxylic acid groups (broad SMARTS) is 1. The molecule has 0 radical (unpaired) electrons. The number of carbonyl (C=O) groups is 1. The average Bonchev–Trinajstić information content (AvgIpc) is 3.10. The molecule has 0 aromatic heterocycles. The van der Waals surface area contributed by atoms with E-state index in [1.54, 1.807) is 12.1 Å². The van der Waals surface area contributed by atoms with Gasteiger partial charge in [-0.2, -0.15) is 0 Å². The Labute approximate surface area is 159 Å². The van der Waals surface area contributed by atoms with Crippen molar-refractivity contribution in [3.63, 3.8) is 0 Å². The van der Waals surface area contributed by atoms with E-state index in [2.05, 4.69) is 23.1 Å². The van der Waals surface area contributed by atoms with Gasteiger partial charge in [0.2, 0.25) is 0 Å². The van der Waals surface area contributed by atoms with E-state index in [0.29, 0.717) is 6.04 Å². The summed E-state index contributed by atoms with van der Waals surface area (Å²) in [5, 5.41) is 9.19. The Morgan fingerprint density at radius 1 is 1.04 bits per heavy atom. The summed E-state index contributed by atoms with van der Waals surface area (Å²) in [6.07, 6.45) is 5.50. The minimum Gasteiger partial charge on any atom is -0.481 e. The molecule has 2 aromatic rings. The molecule has 2 aromatic carbocycles. The van der Waals surface area contributed by atoms with Gasteiger partial charge in [-0.05, 0) is 86.0 Å². The van der Waals surface area contributed by atoms with Gasteiger partial charge in [0.1, 0.15) is 5.82 Å². The molecule has 0 spiro atoms. The van der Waals surface area contributed by atoms with Crippen molar-refractivity contribution in [2.24, 2.45) is 5.92 Å². The second-order valence-corrected chi connectivity index (χ2v) is 7.87. The molecular weight excluding hydrogens is 341 g/mol. The fourth-order valence-corrected chi connectivity index (χ4v) is 4.62. The minimum atomic E-state index is -0.649. The number of nitrogens with zero attached hydrogens (tertiary/aromatic N) is 1. The zero-order chi connectivity index (χ0) is 18.8. The summed E-state index contributed by atoms with van der Waals surface area (Å²) in [7, 11) is 0. The second-order valence-electron chi connectivity index (χ2n) is 7.87. The van der Waals surface area contributed by atoms with E-state index in [-0.39, 0.29) is 11.7 Å². The Bertz CT molecular complexity index is 827. The lowest BCUT2D eigenvalue weighted by Gasteiger charge is -2.35. The molecule has 1 heterocycles. The van der Waals surface area contributed by atoms with Crippen molar-refractivity contribution in [1.29, 1.82) is 0 Å². The summed E-state index contributed by atoms with van der Waals surface area (Å²) in [5.74, 6) is -0.993. The van der Waals surface area contributed by atoms with E-state index >= 15 is 0 Å². The standard InChI is InChI=1S/C23H26FNO2/c24-20-3-1-2-16(15-20)4-5-17-6-8-21-19(14-17)7-9-22(21)25-12-10-18(11-13-25)23(26)27/h1-3,6,8,14-15,18,22H,4-5,7,9-13H2,(H,26,27). The van der Waals surface area contributed by atoms with Crippen LogP contribution in [0.5, 0.6) is 0 Å². The summed E-state index contributed by atoms with van der Waals surface area (Å²) in [6.45, 7) is 1.75. The molecule has 1 unspecified atom stereocenters. The number of hydrogen-bond acceptors (Lipinski definition) is 2. The molecule has 1 saturated heterocycles. The summed E-state index contributed by atoms with van der Waals surface area (Å²) in [6, 6.07) is 14.1. The van der Waals surface area contributed by atoms with Crippen molar-refractivity contribution in [2.45, 2.75) is 44.6 Å². The van der Waals surface area contributed by atoms with Crippen LogP contribution in [-0.2, 0) is 24.1 Å². The molecule has 1 aliphatic heterocycles. The van der Waals surface area contributed by atoms with Gasteiger partial charge in [-0.25, -0.2) is 4.39 Å². The molecule has 2 aliphatic rings. The zero-order valence-electron chi connectivity index (χ0n) is 15.5. The lowest BCUT2D eigenvalue weighted by atomic mass is 9.94. The van der Waals surface area contributed by atoms with Crippen LogP contribution in [-0.4, -0.2) is 29.1 Å². The van der Waals surface area contributed by atoms with Crippen LogP contribution >= 0.6 is 0 Å². The van der Waals surface area contributed by atoms with Crippen LogP contribution in [0.3, 0.4) is 0 Å². The normalized spacial score (nSPS) is 20.6. The van der Waals surface area contributed by atoms with Crippen LogP contribution in [0, 0.1) is 11.7 Å². The van der Waals surface area contributed by atoms with Gasteiger partial charge in [0, 0.05) is 6.04 Å². The first kappa shape index (κ1) is 18.2. The van der Waals surface area contributed by atoms with Crippen molar-refractivity contribution in [3.05, 3.63) is 70.5 Å². The van der Waals surface area contributed by atoms with E-state index in [1.165, 1.54) is 22.8 Å². The molecule has 4 rings (SSSR count). The van der Waals surface area contributed by atoms with Gasteiger partial charge in [0.25, 0.3) is 0 Å². The highest BCUT2D eigenvalue weighted by molar-refractivity contribution is 5.70. The van der Waals surface area contributed by atoms with E-state index in [4.69, 9.17) is 0 Å². The highest BCUT2D eigenvalue weighted by Gasteiger charge is 2.32. The number of aliphatic carboxylic acids is 1.